The lowest BCUT2D eigenvalue weighted by Crippen LogP contribution is -2.08. The molecular weight excluding hydrogens is 278 g/mol. The quantitative estimate of drug-likeness (QED) is 0.907. The van der Waals surface area contributed by atoms with Crippen LogP contribution in [0.25, 0.3) is 0 Å². The number of amides is 2. The number of carbonyl (C=O) groups is 1. The van der Waals surface area contributed by atoms with Crippen LogP contribution in [0, 0.1) is 0 Å². The second-order valence-electron chi connectivity index (χ2n) is 5.55. The van der Waals surface area contributed by atoms with Crippen LogP contribution >= 0.6 is 0 Å². The molecule has 2 aromatic rings. The molecule has 1 radical (unpaired) electrons. The Bertz CT molecular complexity index is 709. The number of hydrogen-bond acceptors (Lipinski definition) is 3. The van der Waals surface area contributed by atoms with Gasteiger partial charge in [0.2, 0.25) is 0 Å². The standard InChI is InChI=1S/C17H16N3O2/c21-17-19-15-8-13(11-6-7-22-10-11)14(9-16(15)20-17)18-12-4-2-1-3-5-12/h1-5,8-9,11,18H,6-7,10H2,(H,19,21). The summed E-state index contributed by atoms with van der Waals surface area (Å²) in [5, 5.41) is 10.2. The fraction of sp³-hybridized carbons (Fsp3) is 0.235. The number of nitrogens with one attached hydrogen (secondary N) is 2. The Morgan fingerprint density at radius 1 is 1.23 bits per heavy atom. The minimum Gasteiger partial charge on any atom is -0.381 e. The molecule has 4 rings (SSSR count). The fourth-order valence-electron chi connectivity index (χ4n) is 2.95. The Labute approximate surface area is 128 Å². The summed E-state index contributed by atoms with van der Waals surface area (Å²) in [6.07, 6.45) is 0.993. The Morgan fingerprint density at radius 2 is 2.09 bits per heavy atom. The van der Waals surface area contributed by atoms with Crippen molar-refractivity contribution in [3.05, 3.63) is 48.0 Å². The highest BCUT2D eigenvalue weighted by Gasteiger charge is 2.26. The topological polar surface area (TPSA) is 64.5 Å². The van der Waals surface area contributed by atoms with Gasteiger partial charge in [-0.05, 0) is 36.2 Å². The molecule has 5 heteroatoms. The number of anilines is 3. The molecule has 2 aliphatic rings. The number of urea groups is 1. The highest BCUT2D eigenvalue weighted by Crippen LogP contribution is 2.40. The van der Waals surface area contributed by atoms with Gasteiger partial charge in [-0.1, -0.05) is 18.2 Å². The van der Waals surface area contributed by atoms with Gasteiger partial charge in [0, 0.05) is 23.9 Å². The fourth-order valence-corrected chi connectivity index (χ4v) is 2.95. The largest absolute Gasteiger partial charge is 0.381 e. The van der Waals surface area contributed by atoms with E-state index in [9.17, 15) is 4.79 Å². The van der Waals surface area contributed by atoms with E-state index in [4.69, 9.17) is 4.74 Å². The maximum Gasteiger partial charge on any atom is 0.346 e. The van der Waals surface area contributed by atoms with Crippen LogP contribution in [0.15, 0.2) is 42.5 Å². The summed E-state index contributed by atoms with van der Waals surface area (Å²) in [4.78, 5) is 11.5. The van der Waals surface area contributed by atoms with Crippen LogP contribution in [0.1, 0.15) is 17.9 Å². The maximum absolute atomic E-state index is 11.5. The number of nitrogens with zero attached hydrogens (tertiary/aromatic N) is 1. The molecule has 2 aromatic carbocycles. The lowest BCUT2D eigenvalue weighted by atomic mass is 9.95. The molecule has 111 valence electrons. The van der Waals surface area contributed by atoms with E-state index in [0.29, 0.717) is 18.2 Å². The van der Waals surface area contributed by atoms with Crippen LogP contribution in [-0.4, -0.2) is 19.2 Å². The number of carbonyl (C=O) groups excluding carboxylic acids is 1. The summed E-state index contributed by atoms with van der Waals surface area (Å²) in [6, 6.07) is 13.7. The number of para-hydroxylation sites is 1. The summed E-state index contributed by atoms with van der Waals surface area (Å²) < 4.78 is 5.52. The molecule has 0 aromatic heterocycles. The van der Waals surface area contributed by atoms with E-state index in [1.807, 2.05) is 42.5 Å². The third kappa shape index (κ3) is 2.40. The normalized spacial score (nSPS) is 19.5. The van der Waals surface area contributed by atoms with Crippen LogP contribution in [0.5, 0.6) is 0 Å². The Morgan fingerprint density at radius 3 is 2.86 bits per heavy atom. The first-order chi connectivity index (χ1) is 10.8. The van der Waals surface area contributed by atoms with Crippen molar-refractivity contribution in [1.82, 2.24) is 5.32 Å². The minimum absolute atomic E-state index is 0.305. The van der Waals surface area contributed by atoms with Crippen LogP contribution in [-0.2, 0) is 4.74 Å². The molecule has 1 unspecified atom stereocenters. The van der Waals surface area contributed by atoms with Gasteiger partial charge in [-0.25, -0.2) is 4.79 Å². The van der Waals surface area contributed by atoms with Gasteiger partial charge in [0.05, 0.1) is 18.0 Å². The van der Waals surface area contributed by atoms with Gasteiger partial charge in [-0.15, -0.1) is 0 Å². The molecule has 0 saturated carbocycles. The van der Waals surface area contributed by atoms with Gasteiger partial charge in [0.1, 0.15) is 0 Å². The molecule has 22 heavy (non-hydrogen) atoms. The minimum atomic E-state index is -0.305. The average Bonchev–Trinajstić information content (AvgIpc) is 3.15. The highest BCUT2D eigenvalue weighted by atomic mass is 16.5. The molecule has 0 bridgehead atoms. The first kappa shape index (κ1) is 13.2. The number of rotatable bonds is 3. The van der Waals surface area contributed by atoms with Gasteiger partial charge < -0.3 is 15.4 Å². The van der Waals surface area contributed by atoms with Gasteiger partial charge in [0.25, 0.3) is 0 Å². The first-order valence-corrected chi connectivity index (χ1v) is 7.40. The van der Waals surface area contributed by atoms with E-state index < -0.39 is 0 Å². The molecule has 2 N–H and O–H groups in total. The van der Waals surface area contributed by atoms with E-state index in [2.05, 4.69) is 16.0 Å². The van der Waals surface area contributed by atoms with E-state index in [1.54, 1.807) is 0 Å². The van der Waals surface area contributed by atoms with E-state index in [-0.39, 0.29) is 6.03 Å². The number of hydrogen-bond donors (Lipinski definition) is 2. The van der Waals surface area contributed by atoms with E-state index >= 15 is 0 Å². The summed E-state index contributed by atoms with van der Waals surface area (Å²) in [5.41, 5.74) is 4.63. The van der Waals surface area contributed by atoms with Crippen LogP contribution in [0.4, 0.5) is 27.5 Å². The lowest BCUT2D eigenvalue weighted by molar-refractivity contribution is 0.194. The van der Waals surface area contributed by atoms with Crippen molar-refractivity contribution in [3.8, 4) is 0 Å². The zero-order valence-corrected chi connectivity index (χ0v) is 12.0. The molecular formula is C17H16N3O2. The predicted molar refractivity (Wildman–Crippen MR) is 85.2 cm³/mol. The molecule has 1 fully saturated rings. The Hall–Kier alpha value is -2.53. The van der Waals surface area contributed by atoms with Crippen molar-refractivity contribution in [2.24, 2.45) is 0 Å². The summed E-state index contributed by atoms with van der Waals surface area (Å²) in [7, 11) is 0. The molecule has 2 amide bonds. The predicted octanol–water partition coefficient (Wildman–Crippen LogP) is 3.72. The Balaban J connectivity index is 1.74. The lowest BCUT2D eigenvalue weighted by Gasteiger charge is -2.17. The first-order valence-electron chi connectivity index (χ1n) is 7.40. The van der Waals surface area contributed by atoms with Crippen molar-refractivity contribution >= 4 is 28.8 Å². The molecule has 0 aliphatic carbocycles. The SMILES string of the molecule is O=C1[N]c2cc(Nc3ccccc3)c(C3CCOC3)cc2N1. The third-order valence-corrected chi connectivity index (χ3v) is 4.05. The zero-order valence-electron chi connectivity index (χ0n) is 12.0. The molecule has 2 aliphatic heterocycles. The van der Waals surface area contributed by atoms with Crippen molar-refractivity contribution in [1.29, 1.82) is 0 Å². The van der Waals surface area contributed by atoms with Gasteiger partial charge in [-0.3, -0.25) is 0 Å². The van der Waals surface area contributed by atoms with Gasteiger partial charge in [0.15, 0.2) is 0 Å². The Kier molecular flexibility index (Phi) is 3.20. The van der Waals surface area contributed by atoms with Crippen LogP contribution in [0.2, 0.25) is 0 Å². The van der Waals surface area contributed by atoms with Gasteiger partial charge in [-0.2, -0.15) is 5.32 Å². The number of fused-ring (bicyclic) bond motifs is 1. The molecule has 0 spiro atoms. The van der Waals surface area contributed by atoms with Crippen molar-refractivity contribution in [3.63, 3.8) is 0 Å². The molecule has 1 saturated heterocycles. The second-order valence-corrected chi connectivity index (χ2v) is 5.55. The maximum atomic E-state index is 11.5. The van der Waals surface area contributed by atoms with Crippen LogP contribution in [0.3, 0.4) is 0 Å². The van der Waals surface area contributed by atoms with Crippen molar-refractivity contribution < 1.29 is 9.53 Å². The number of benzene rings is 2. The summed E-state index contributed by atoms with van der Waals surface area (Å²) in [5.74, 6) is 0.342. The van der Waals surface area contributed by atoms with E-state index in [1.165, 1.54) is 0 Å². The zero-order chi connectivity index (χ0) is 14.9. The molecule has 1 atom stereocenters. The average molecular weight is 294 g/mol. The smallest absolute Gasteiger partial charge is 0.346 e. The highest BCUT2D eigenvalue weighted by molar-refractivity contribution is 6.03. The third-order valence-electron chi connectivity index (χ3n) is 4.05. The second kappa shape index (κ2) is 5.35. The number of ether oxygens (including phenoxy) is 1. The van der Waals surface area contributed by atoms with Crippen molar-refractivity contribution in [2.45, 2.75) is 12.3 Å². The summed E-state index contributed by atoms with van der Waals surface area (Å²) in [6.45, 7) is 1.50. The summed E-state index contributed by atoms with van der Waals surface area (Å²) >= 11 is 0. The van der Waals surface area contributed by atoms with E-state index in [0.717, 1.165) is 35.7 Å². The molecule has 5 nitrogen and oxygen atoms in total. The van der Waals surface area contributed by atoms with Crippen LogP contribution < -0.4 is 16.0 Å². The van der Waals surface area contributed by atoms with Crippen molar-refractivity contribution in [2.75, 3.05) is 23.8 Å². The monoisotopic (exact) mass is 294 g/mol. The van der Waals surface area contributed by atoms with Gasteiger partial charge >= 0.3 is 6.03 Å². The molecule has 2 heterocycles.